The van der Waals surface area contributed by atoms with Gasteiger partial charge in [-0.2, -0.15) is 0 Å². The Bertz CT molecular complexity index is 1720. The van der Waals surface area contributed by atoms with E-state index >= 15 is 0 Å². The number of ether oxygens (including phenoxy) is 5. The number of aliphatic hydroxyl groups is 1. The number of Topliss-reactive ketones (excluding diaryl/α,β-unsaturated/α-hetero) is 1. The number of fused-ring (bicyclic) bond motifs is 1. The molecule has 4 heterocycles. The molecule has 1 aromatic heterocycles. The number of unbranched alkanes of at least 4 members (excludes halogenated alkanes) is 1. The number of aryl methyl sites for hydroxylation is 1. The molecule has 3 fully saturated rings. The zero-order valence-electron chi connectivity index (χ0n) is 36.4. The largest absolute Gasteiger partial charge is 0.458 e. The number of hydrogen-bond donors (Lipinski definition) is 2. The highest BCUT2D eigenvalue weighted by Crippen LogP contribution is 2.44. The molecule has 5 rings (SSSR count). The highest BCUT2D eigenvalue weighted by Gasteiger charge is 2.59. The van der Waals surface area contributed by atoms with Crippen molar-refractivity contribution in [3.63, 3.8) is 0 Å². The van der Waals surface area contributed by atoms with E-state index in [2.05, 4.69) is 24.2 Å². The van der Waals surface area contributed by atoms with Gasteiger partial charge in [0.15, 0.2) is 17.7 Å². The second-order valence-electron chi connectivity index (χ2n) is 17.8. The molecular formula is C43H68N6O9. The van der Waals surface area contributed by atoms with Gasteiger partial charge in [0.25, 0.3) is 0 Å². The number of carbonyl (C=O) groups excluding carboxylic acids is 3. The lowest BCUT2D eigenvalue weighted by Crippen LogP contribution is -2.59. The van der Waals surface area contributed by atoms with Crippen molar-refractivity contribution in [2.24, 2.45) is 23.7 Å². The molecule has 3 saturated heterocycles. The highest BCUT2D eigenvalue weighted by atomic mass is 16.7. The van der Waals surface area contributed by atoms with Crippen molar-refractivity contribution in [1.29, 1.82) is 0 Å². The van der Waals surface area contributed by atoms with Crippen LogP contribution in [-0.4, -0.2) is 129 Å². The summed E-state index contributed by atoms with van der Waals surface area (Å²) in [6, 6.07) is 6.84. The molecule has 0 bridgehead atoms. The Kier molecular flexibility index (Phi) is 14.7. The zero-order valence-corrected chi connectivity index (χ0v) is 36.4. The number of anilines is 1. The normalized spacial score (nSPS) is 36.7. The minimum Gasteiger partial charge on any atom is -0.458 e. The van der Waals surface area contributed by atoms with Crippen LogP contribution >= 0.6 is 0 Å². The van der Waals surface area contributed by atoms with Crippen LogP contribution in [0.4, 0.5) is 10.5 Å². The number of esters is 1. The van der Waals surface area contributed by atoms with Crippen molar-refractivity contribution < 1.29 is 43.2 Å². The summed E-state index contributed by atoms with van der Waals surface area (Å²) in [7, 11) is 5.41. The molecule has 0 saturated carbocycles. The molecule has 13 atom stereocenters. The van der Waals surface area contributed by atoms with Crippen LogP contribution in [0, 0.1) is 23.7 Å². The Morgan fingerprint density at radius 2 is 1.76 bits per heavy atom. The summed E-state index contributed by atoms with van der Waals surface area (Å²) >= 11 is 0. The average molecular weight is 813 g/mol. The van der Waals surface area contributed by atoms with Gasteiger partial charge in [-0.1, -0.05) is 45.0 Å². The Morgan fingerprint density at radius 3 is 2.41 bits per heavy atom. The Hall–Kier alpha value is -3.63. The Balaban J connectivity index is 1.40. The third kappa shape index (κ3) is 9.70. The summed E-state index contributed by atoms with van der Waals surface area (Å²) < 4.78 is 33.4. The number of hydrogen-bond acceptors (Lipinski definition) is 13. The lowest BCUT2D eigenvalue weighted by atomic mass is 9.74. The first-order chi connectivity index (χ1) is 27.3. The molecule has 1 amide bonds. The first kappa shape index (κ1) is 45.5. The van der Waals surface area contributed by atoms with E-state index in [0.717, 1.165) is 17.7 Å². The number of nitrogen functional groups attached to an aromatic ring is 1. The lowest BCUT2D eigenvalue weighted by molar-refractivity contribution is -0.295. The van der Waals surface area contributed by atoms with Crippen LogP contribution in [0.5, 0.6) is 0 Å². The van der Waals surface area contributed by atoms with E-state index in [1.165, 1.54) is 0 Å². The molecule has 324 valence electrons. The van der Waals surface area contributed by atoms with Gasteiger partial charge in [-0.25, -0.2) is 4.79 Å². The standard InChI is InChI=1S/C43H68N6O9/c1-12-34-43(8)37(49(41(53)58-43)19-14-13-18-48-24-32(45-46-48)30-16-15-17-31(44)22-30)26(3)20-25(2)23-42(7,54-11)38(28(5)35(50)29(6)39(52)56-34)57-40-36(51)33(47(9)10)21-27(4)55-40/h15-17,22,24-29,33-34,36-38,40,51H,12-14,18-21,23,44H2,1-11H3/t25?,26-,27?,28-,29+,33?,34+,36?,37+,38+,40-,42+,43+/m0/s1. The molecular weight excluding hydrogens is 745 g/mol. The number of nitrogens with zero attached hydrogens (tertiary/aromatic N) is 5. The fraction of sp³-hybridized carbons (Fsp3) is 0.744. The zero-order chi connectivity index (χ0) is 42.7. The topological polar surface area (TPSA) is 181 Å². The molecule has 3 aliphatic rings. The van der Waals surface area contributed by atoms with Crippen LogP contribution in [0.1, 0.15) is 93.9 Å². The molecule has 4 unspecified atom stereocenters. The molecule has 0 spiro atoms. The summed E-state index contributed by atoms with van der Waals surface area (Å²) in [5.41, 5.74) is 6.02. The summed E-state index contributed by atoms with van der Waals surface area (Å²) in [6.45, 7) is 16.2. The number of methoxy groups -OCH3 is 1. The maximum Gasteiger partial charge on any atom is 0.410 e. The quantitative estimate of drug-likeness (QED) is 0.129. The van der Waals surface area contributed by atoms with Crippen molar-refractivity contribution in [2.75, 3.05) is 33.5 Å². The lowest BCUT2D eigenvalue weighted by Gasteiger charge is -2.47. The van der Waals surface area contributed by atoms with E-state index in [4.69, 9.17) is 29.4 Å². The number of rotatable bonds is 11. The average Bonchev–Trinajstić information content (AvgIpc) is 3.75. The van der Waals surface area contributed by atoms with E-state index in [-0.39, 0.29) is 29.8 Å². The first-order valence-electron chi connectivity index (χ1n) is 21.0. The van der Waals surface area contributed by atoms with Gasteiger partial charge >= 0.3 is 12.1 Å². The van der Waals surface area contributed by atoms with Gasteiger partial charge in [0.05, 0.1) is 30.0 Å². The predicted octanol–water partition coefficient (Wildman–Crippen LogP) is 5.33. The first-order valence-corrected chi connectivity index (χ1v) is 21.0. The Labute approximate surface area is 344 Å². The number of benzene rings is 1. The second-order valence-corrected chi connectivity index (χ2v) is 17.8. The van der Waals surface area contributed by atoms with Crippen LogP contribution in [0.2, 0.25) is 0 Å². The number of aromatic nitrogens is 3. The molecule has 15 heteroatoms. The van der Waals surface area contributed by atoms with Gasteiger partial charge in [0, 0.05) is 43.4 Å². The number of likely N-dealkylation sites (N-methyl/N-ethyl adjacent to an activating group) is 1. The summed E-state index contributed by atoms with van der Waals surface area (Å²) in [4.78, 5) is 45.9. The van der Waals surface area contributed by atoms with Crippen molar-refractivity contribution in [3.8, 4) is 11.3 Å². The highest BCUT2D eigenvalue weighted by molar-refractivity contribution is 6.00. The fourth-order valence-electron chi connectivity index (χ4n) is 9.83. The molecule has 1 aromatic carbocycles. The van der Waals surface area contributed by atoms with E-state index in [1.807, 2.05) is 77.2 Å². The van der Waals surface area contributed by atoms with Crippen LogP contribution in [-0.2, 0) is 39.8 Å². The summed E-state index contributed by atoms with van der Waals surface area (Å²) in [6.07, 6.45) is 1.03. The van der Waals surface area contributed by atoms with E-state index in [9.17, 15) is 19.5 Å². The molecule has 15 nitrogen and oxygen atoms in total. The van der Waals surface area contributed by atoms with E-state index < -0.39 is 65.7 Å². The van der Waals surface area contributed by atoms with Crippen LogP contribution in [0.3, 0.4) is 0 Å². The SMILES string of the molecule is CC[C@H]1OC(=O)[C@H](C)C(=O)[C@H](C)[C@@H](O[C@@H]2OC(C)CC(N(C)C)C2O)[C@](C)(OC)CC(C)C[C@H](C)[C@H]2N(CCCCn3cc(-c4cccc(N)c4)nn3)C(=O)O[C@]12C. The molecule has 3 N–H and O–H groups in total. The van der Waals surface area contributed by atoms with Crippen LogP contribution in [0.25, 0.3) is 11.3 Å². The monoisotopic (exact) mass is 813 g/mol. The molecule has 58 heavy (non-hydrogen) atoms. The summed E-state index contributed by atoms with van der Waals surface area (Å²) in [5, 5.41) is 20.1. The Morgan fingerprint density at radius 1 is 1.05 bits per heavy atom. The van der Waals surface area contributed by atoms with Gasteiger partial charge < -0.3 is 44.3 Å². The number of carbonyl (C=O) groups is 3. The fourth-order valence-corrected chi connectivity index (χ4v) is 9.83. The van der Waals surface area contributed by atoms with E-state index in [1.54, 1.807) is 30.5 Å². The number of amides is 1. The van der Waals surface area contributed by atoms with Crippen LogP contribution in [0.15, 0.2) is 30.5 Å². The van der Waals surface area contributed by atoms with Gasteiger partial charge in [-0.15, -0.1) is 5.10 Å². The summed E-state index contributed by atoms with van der Waals surface area (Å²) in [5.74, 6) is -3.16. The maximum atomic E-state index is 14.3. The number of cyclic esters (lactones) is 1. The van der Waals surface area contributed by atoms with Crippen molar-refractivity contribution in [2.45, 2.75) is 154 Å². The predicted molar refractivity (Wildman–Crippen MR) is 218 cm³/mol. The number of nitrogens with two attached hydrogens (primary N) is 1. The van der Waals surface area contributed by atoms with Crippen molar-refractivity contribution in [1.82, 2.24) is 24.8 Å². The molecule has 0 radical (unpaired) electrons. The molecule has 3 aliphatic heterocycles. The number of ketones is 1. The minimum atomic E-state index is -1.18. The van der Waals surface area contributed by atoms with Crippen molar-refractivity contribution in [3.05, 3.63) is 30.5 Å². The van der Waals surface area contributed by atoms with Crippen molar-refractivity contribution >= 4 is 23.5 Å². The van der Waals surface area contributed by atoms with Gasteiger partial charge in [0.1, 0.15) is 23.8 Å². The smallest absolute Gasteiger partial charge is 0.410 e. The van der Waals surface area contributed by atoms with E-state index in [0.29, 0.717) is 50.9 Å². The third-order valence-corrected chi connectivity index (χ3v) is 12.9. The molecule has 0 aliphatic carbocycles. The number of aliphatic hydroxyl groups excluding tert-OH is 1. The van der Waals surface area contributed by atoms with Gasteiger partial charge in [0.2, 0.25) is 0 Å². The minimum absolute atomic E-state index is 0.0188. The molecule has 2 aromatic rings. The third-order valence-electron chi connectivity index (χ3n) is 12.9. The second kappa shape index (κ2) is 18.7. The van der Waals surface area contributed by atoms with Gasteiger partial charge in [-0.05, 0) is 104 Å². The van der Waals surface area contributed by atoms with Crippen LogP contribution < -0.4 is 5.73 Å². The maximum absolute atomic E-state index is 14.3. The van der Waals surface area contributed by atoms with Gasteiger partial charge in [-0.3, -0.25) is 14.3 Å².